The predicted molar refractivity (Wildman–Crippen MR) is 200 cm³/mol. The highest BCUT2D eigenvalue weighted by atomic mass is 32.2. The van der Waals surface area contributed by atoms with Gasteiger partial charge in [0.25, 0.3) is 15.9 Å². The minimum Gasteiger partial charge on any atom is -0.475 e. The van der Waals surface area contributed by atoms with Crippen molar-refractivity contribution < 1.29 is 24.1 Å². The maximum atomic E-state index is 14.6. The minimum atomic E-state index is -4.19. The van der Waals surface area contributed by atoms with Gasteiger partial charge in [-0.25, -0.2) is 23.1 Å². The lowest BCUT2D eigenvalue weighted by Gasteiger charge is -2.35. The van der Waals surface area contributed by atoms with Gasteiger partial charge in [-0.3, -0.25) is 9.78 Å². The largest absolute Gasteiger partial charge is 0.475 e. The number of carbonyl (C=O) groups is 1. The van der Waals surface area contributed by atoms with Crippen molar-refractivity contribution in [2.75, 3.05) is 43.0 Å². The average molecular weight is 718 g/mol. The van der Waals surface area contributed by atoms with Gasteiger partial charge in [-0.2, -0.15) is 4.98 Å². The van der Waals surface area contributed by atoms with E-state index in [0.29, 0.717) is 42.7 Å². The standard InChI is InChI=1S/C38H49N7O5S.H2/c1-25(2)22-44(15-16-49-8)33-21-39-20-29(40-33)23-45-30(19-38(5,6)7)24-50-34-18-32(35-26(3)11-9-12-27(35)4)41-37(42-34)43-51(47,48)31-14-10-13-28(17-31)36(45)46;/h9-14,17-18,20-21,25,30H,15-16,19,22-24H2,1-8H3,(H,41,42,43);1H/t30-;/m1./s1. The Bertz CT molecular complexity index is 1950. The fourth-order valence-electron chi connectivity index (χ4n) is 6.29. The number of aryl methyl sites for hydroxylation is 2. The molecule has 5 rings (SSSR count). The fourth-order valence-corrected chi connectivity index (χ4v) is 7.28. The Balaban J connectivity index is 0.00000605. The second-order valence-electron chi connectivity index (χ2n) is 14.7. The number of nitrogens with zero attached hydrogens (tertiary/aromatic N) is 6. The van der Waals surface area contributed by atoms with Gasteiger partial charge in [0.2, 0.25) is 11.8 Å². The van der Waals surface area contributed by atoms with Crippen LogP contribution in [0.5, 0.6) is 5.88 Å². The first-order chi connectivity index (χ1) is 24.1. The summed E-state index contributed by atoms with van der Waals surface area (Å²) in [5.41, 5.74) is 3.90. The fraction of sp³-hybridized carbons (Fsp3) is 0.447. The van der Waals surface area contributed by atoms with Gasteiger partial charge in [0, 0.05) is 38.8 Å². The SMILES string of the molecule is COCCN(CC(C)C)c1cncc(CN2C(=O)c3cccc(c3)S(=O)(=O)Nc3nc(cc(-c4c(C)cccc4C)n3)OC[C@H]2CC(C)(C)C)n1.[HH]. The minimum absolute atomic E-state index is 0. The number of ether oxygens (including phenoxy) is 2. The molecule has 4 bridgehead atoms. The zero-order chi connectivity index (χ0) is 36.9. The van der Waals surface area contributed by atoms with Crippen LogP contribution in [0.15, 0.2) is 65.8 Å². The first-order valence-corrected chi connectivity index (χ1v) is 18.7. The molecule has 0 unspecified atom stereocenters. The maximum Gasteiger partial charge on any atom is 0.264 e. The van der Waals surface area contributed by atoms with Crippen LogP contribution in [0.25, 0.3) is 11.3 Å². The molecule has 1 atom stereocenters. The highest BCUT2D eigenvalue weighted by Crippen LogP contribution is 2.32. The summed E-state index contributed by atoms with van der Waals surface area (Å²) in [6.07, 6.45) is 3.95. The molecule has 1 N–H and O–H groups in total. The Kier molecular flexibility index (Phi) is 11.6. The third kappa shape index (κ3) is 9.59. The first kappa shape index (κ1) is 37.6. The van der Waals surface area contributed by atoms with Crippen molar-refractivity contribution in [3.05, 3.63) is 83.3 Å². The van der Waals surface area contributed by atoms with E-state index < -0.39 is 16.1 Å². The van der Waals surface area contributed by atoms with E-state index in [9.17, 15) is 13.2 Å². The van der Waals surface area contributed by atoms with Crippen molar-refractivity contribution in [3.63, 3.8) is 0 Å². The molecule has 1 amide bonds. The van der Waals surface area contributed by atoms with Crippen LogP contribution in [0.3, 0.4) is 0 Å². The molecular formula is C38H51N7O5S. The van der Waals surface area contributed by atoms with E-state index in [1.54, 1.807) is 42.6 Å². The lowest BCUT2D eigenvalue weighted by Crippen LogP contribution is -2.45. The molecule has 274 valence electrons. The molecule has 13 heteroatoms. The summed E-state index contributed by atoms with van der Waals surface area (Å²) in [6, 6.07) is 13.2. The van der Waals surface area contributed by atoms with Gasteiger partial charge in [-0.15, -0.1) is 0 Å². The molecule has 0 aliphatic carbocycles. The molecule has 0 saturated carbocycles. The first-order valence-electron chi connectivity index (χ1n) is 17.2. The highest BCUT2D eigenvalue weighted by Gasteiger charge is 2.32. The van der Waals surface area contributed by atoms with E-state index >= 15 is 0 Å². The summed E-state index contributed by atoms with van der Waals surface area (Å²) < 4.78 is 41.8. The second-order valence-corrected chi connectivity index (χ2v) is 16.4. The Morgan fingerprint density at radius 3 is 2.47 bits per heavy atom. The van der Waals surface area contributed by atoms with Crippen LogP contribution in [-0.2, 0) is 21.3 Å². The van der Waals surface area contributed by atoms with Crippen molar-refractivity contribution in [1.29, 1.82) is 0 Å². The topological polar surface area (TPSA) is 140 Å². The second kappa shape index (κ2) is 15.7. The molecule has 1 aliphatic heterocycles. The van der Waals surface area contributed by atoms with Crippen molar-refractivity contribution in [3.8, 4) is 17.1 Å². The number of amides is 1. The van der Waals surface area contributed by atoms with Crippen LogP contribution in [0.1, 0.15) is 69.6 Å². The van der Waals surface area contributed by atoms with Gasteiger partial charge in [-0.05, 0) is 60.9 Å². The third-order valence-electron chi connectivity index (χ3n) is 8.51. The molecule has 3 heterocycles. The summed E-state index contributed by atoms with van der Waals surface area (Å²) in [4.78, 5) is 36.9. The van der Waals surface area contributed by atoms with Gasteiger partial charge in [0.15, 0.2) is 0 Å². The van der Waals surface area contributed by atoms with Gasteiger partial charge in [0.05, 0.1) is 47.9 Å². The monoisotopic (exact) mass is 717 g/mol. The number of sulfonamides is 1. The number of benzene rings is 2. The molecule has 0 spiro atoms. The van der Waals surface area contributed by atoms with E-state index in [4.69, 9.17) is 14.5 Å². The average Bonchev–Trinajstić information content (AvgIpc) is 3.06. The van der Waals surface area contributed by atoms with Gasteiger partial charge >= 0.3 is 0 Å². The Labute approximate surface area is 303 Å². The van der Waals surface area contributed by atoms with Crippen LogP contribution in [-0.4, -0.2) is 78.6 Å². The van der Waals surface area contributed by atoms with Crippen LogP contribution in [0, 0.1) is 25.2 Å². The number of methoxy groups -OCH3 is 1. The van der Waals surface area contributed by atoms with Crippen molar-refractivity contribution in [1.82, 2.24) is 24.8 Å². The van der Waals surface area contributed by atoms with Crippen molar-refractivity contribution in [2.45, 2.75) is 72.4 Å². The summed E-state index contributed by atoms with van der Waals surface area (Å²) in [5.74, 6) is 0.756. The van der Waals surface area contributed by atoms with Crippen LogP contribution in [0.4, 0.5) is 11.8 Å². The lowest BCUT2D eigenvalue weighted by atomic mass is 9.87. The molecule has 0 saturated heterocycles. The number of anilines is 2. The number of nitrogens with one attached hydrogen (secondary N) is 1. The predicted octanol–water partition coefficient (Wildman–Crippen LogP) is 6.55. The molecule has 2 aromatic carbocycles. The van der Waals surface area contributed by atoms with Gasteiger partial charge in [-0.1, -0.05) is 58.9 Å². The van der Waals surface area contributed by atoms with E-state index in [-0.39, 0.29) is 48.2 Å². The zero-order valence-electron chi connectivity index (χ0n) is 30.8. The van der Waals surface area contributed by atoms with Gasteiger partial charge in [0.1, 0.15) is 12.4 Å². The molecule has 2 aromatic heterocycles. The molecule has 0 radical (unpaired) electrons. The van der Waals surface area contributed by atoms with Crippen LogP contribution < -0.4 is 14.4 Å². The number of carbonyl (C=O) groups excluding carboxylic acids is 1. The van der Waals surface area contributed by atoms with Crippen LogP contribution in [0.2, 0.25) is 0 Å². The smallest absolute Gasteiger partial charge is 0.264 e. The molecule has 51 heavy (non-hydrogen) atoms. The molecule has 4 aromatic rings. The maximum absolute atomic E-state index is 14.6. The third-order valence-corrected chi connectivity index (χ3v) is 9.83. The van der Waals surface area contributed by atoms with E-state index in [0.717, 1.165) is 23.2 Å². The van der Waals surface area contributed by atoms with Gasteiger partial charge < -0.3 is 19.3 Å². The number of hydrogen-bond donors (Lipinski definition) is 1. The lowest BCUT2D eigenvalue weighted by molar-refractivity contribution is 0.0509. The summed E-state index contributed by atoms with van der Waals surface area (Å²) in [5, 5.41) is 0. The summed E-state index contributed by atoms with van der Waals surface area (Å²) >= 11 is 0. The van der Waals surface area contributed by atoms with Crippen molar-refractivity contribution >= 4 is 27.7 Å². The number of hydrogen-bond acceptors (Lipinski definition) is 10. The molecule has 0 fully saturated rings. The number of fused-ring (bicyclic) bond motifs is 4. The molecule has 1 aliphatic rings. The summed E-state index contributed by atoms with van der Waals surface area (Å²) in [7, 11) is -2.52. The Morgan fingerprint density at radius 1 is 1.06 bits per heavy atom. The zero-order valence-corrected chi connectivity index (χ0v) is 31.6. The number of rotatable bonds is 10. The van der Waals surface area contributed by atoms with Crippen LogP contribution >= 0.6 is 0 Å². The number of aromatic nitrogens is 4. The van der Waals surface area contributed by atoms with E-state index in [2.05, 4.69) is 59.2 Å². The van der Waals surface area contributed by atoms with E-state index in [1.165, 1.54) is 12.1 Å². The van der Waals surface area contributed by atoms with Crippen molar-refractivity contribution in [2.24, 2.45) is 11.3 Å². The summed E-state index contributed by atoms with van der Waals surface area (Å²) in [6.45, 7) is 16.7. The normalized spacial score (nSPS) is 16.1. The highest BCUT2D eigenvalue weighted by molar-refractivity contribution is 7.92. The Morgan fingerprint density at radius 2 is 1.78 bits per heavy atom. The quantitative estimate of drug-likeness (QED) is 0.192. The van der Waals surface area contributed by atoms with E-state index in [1.807, 2.05) is 32.0 Å². The Hall–Kier alpha value is -4.62. The molecule has 12 nitrogen and oxygen atoms in total. The molecular weight excluding hydrogens is 667 g/mol.